The molecular formula is C12H21BrO. The maximum atomic E-state index is 10.4. The van der Waals surface area contributed by atoms with E-state index >= 15 is 0 Å². The van der Waals surface area contributed by atoms with Crippen molar-refractivity contribution < 1.29 is 5.11 Å². The smallest absolute Gasteiger partial charge is 0.0885 e. The third-order valence-corrected chi connectivity index (χ3v) is 4.18. The van der Waals surface area contributed by atoms with Crippen LogP contribution in [0, 0.1) is 24.2 Å². The van der Waals surface area contributed by atoms with Crippen molar-refractivity contribution in [2.24, 2.45) is 11.8 Å². The lowest BCUT2D eigenvalue weighted by Gasteiger charge is -2.35. The van der Waals surface area contributed by atoms with Gasteiger partial charge in [-0.25, -0.2) is 0 Å². The summed E-state index contributed by atoms with van der Waals surface area (Å²) in [6.45, 7) is 8.37. The minimum Gasteiger partial charge on any atom is -0.388 e. The molecule has 2 heteroatoms. The molecule has 1 nitrogen and oxygen atoms in total. The van der Waals surface area contributed by atoms with Gasteiger partial charge in [0.1, 0.15) is 0 Å². The molecule has 0 unspecified atom stereocenters. The minimum atomic E-state index is -0.767. The average Bonchev–Trinajstić information content (AvgIpc) is 2.01. The third-order valence-electron chi connectivity index (χ3n) is 2.27. The SMILES string of the molecule is C#CC[C@@](O)(CC(C)C)[C@@H](Br)C(C)C. The fourth-order valence-corrected chi connectivity index (χ4v) is 2.14. The molecular weight excluding hydrogens is 240 g/mol. The van der Waals surface area contributed by atoms with E-state index in [9.17, 15) is 5.11 Å². The van der Waals surface area contributed by atoms with Crippen LogP contribution in [0.2, 0.25) is 0 Å². The van der Waals surface area contributed by atoms with Crippen molar-refractivity contribution in [3.8, 4) is 12.3 Å². The minimum absolute atomic E-state index is 0.0634. The van der Waals surface area contributed by atoms with Crippen molar-refractivity contribution in [3.63, 3.8) is 0 Å². The lowest BCUT2D eigenvalue weighted by Crippen LogP contribution is -2.42. The molecule has 0 spiro atoms. The standard InChI is InChI=1S/C12H21BrO/c1-6-7-12(14,8-9(2)3)11(13)10(4)5/h1,9-11,14H,7-8H2,2-5H3/t11-,12+/m0/s1. The highest BCUT2D eigenvalue weighted by Gasteiger charge is 2.36. The Hall–Kier alpha value is 0. The first-order chi connectivity index (χ1) is 6.33. The number of aliphatic hydroxyl groups is 1. The number of terminal acetylenes is 1. The molecule has 2 atom stereocenters. The number of halogens is 1. The number of hydrogen-bond acceptors (Lipinski definition) is 1. The van der Waals surface area contributed by atoms with Gasteiger partial charge in [0.05, 0.1) is 5.60 Å². The van der Waals surface area contributed by atoms with Crippen LogP contribution in [-0.2, 0) is 0 Å². The topological polar surface area (TPSA) is 20.2 Å². The lowest BCUT2D eigenvalue weighted by atomic mass is 9.83. The zero-order valence-electron chi connectivity index (χ0n) is 9.55. The van der Waals surface area contributed by atoms with Crippen LogP contribution in [0.1, 0.15) is 40.5 Å². The van der Waals surface area contributed by atoms with Gasteiger partial charge >= 0.3 is 0 Å². The van der Waals surface area contributed by atoms with E-state index in [1.165, 1.54) is 0 Å². The molecule has 0 aromatic heterocycles. The van der Waals surface area contributed by atoms with Crippen LogP contribution < -0.4 is 0 Å². The molecule has 0 saturated carbocycles. The Morgan fingerprint density at radius 2 is 1.86 bits per heavy atom. The molecule has 0 fully saturated rings. The Labute approximate surface area is 96.4 Å². The second-order valence-electron chi connectivity index (χ2n) is 4.73. The fraction of sp³-hybridized carbons (Fsp3) is 0.833. The van der Waals surface area contributed by atoms with Crippen molar-refractivity contribution in [3.05, 3.63) is 0 Å². The molecule has 0 saturated heterocycles. The normalized spacial score (nSPS) is 17.9. The molecule has 0 radical (unpaired) electrons. The predicted octanol–water partition coefficient (Wildman–Crippen LogP) is 3.21. The highest BCUT2D eigenvalue weighted by Crippen LogP contribution is 2.33. The van der Waals surface area contributed by atoms with Gasteiger partial charge in [-0.2, -0.15) is 0 Å². The van der Waals surface area contributed by atoms with Crippen LogP contribution in [-0.4, -0.2) is 15.5 Å². The lowest BCUT2D eigenvalue weighted by molar-refractivity contribution is 0.0138. The quantitative estimate of drug-likeness (QED) is 0.595. The van der Waals surface area contributed by atoms with E-state index in [0.717, 1.165) is 6.42 Å². The highest BCUT2D eigenvalue weighted by atomic mass is 79.9. The Morgan fingerprint density at radius 3 is 2.14 bits per heavy atom. The average molecular weight is 261 g/mol. The van der Waals surface area contributed by atoms with Crippen molar-refractivity contribution >= 4 is 15.9 Å². The number of alkyl halides is 1. The molecule has 82 valence electrons. The van der Waals surface area contributed by atoms with Crippen LogP contribution >= 0.6 is 15.9 Å². The molecule has 0 rings (SSSR count). The Morgan fingerprint density at radius 1 is 1.36 bits per heavy atom. The zero-order valence-corrected chi connectivity index (χ0v) is 11.1. The van der Waals surface area contributed by atoms with E-state index < -0.39 is 5.60 Å². The second kappa shape index (κ2) is 5.78. The summed E-state index contributed by atoms with van der Waals surface area (Å²) in [4.78, 5) is 0.0634. The van der Waals surface area contributed by atoms with Crippen molar-refractivity contribution in [1.82, 2.24) is 0 Å². The van der Waals surface area contributed by atoms with Crippen molar-refractivity contribution in [2.75, 3.05) is 0 Å². The van der Waals surface area contributed by atoms with Crippen LogP contribution in [0.5, 0.6) is 0 Å². The number of hydrogen-bond donors (Lipinski definition) is 1. The fourth-order valence-electron chi connectivity index (χ4n) is 1.79. The predicted molar refractivity (Wildman–Crippen MR) is 65.4 cm³/mol. The Bertz CT molecular complexity index is 205. The first kappa shape index (κ1) is 14.0. The Kier molecular flexibility index (Phi) is 5.78. The van der Waals surface area contributed by atoms with Gasteiger partial charge in [-0.15, -0.1) is 12.3 Å². The third kappa shape index (κ3) is 4.02. The molecule has 0 aromatic carbocycles. The maximum Gasteiger partial charge on any atom is 0.0885 e. The van der Waals surface area contributed by atoms with Crippen LogP contribution in [0.4, 0.5) is 0 Å². The monoisotopic (exact) mass is 260 g/mol. The van der Waals surface area contributed by atoms with Gasteiger partial charge in [0.2, 0.25) is 0 Å². The van der Waals surface area contributed by atoms with Crippen LogP contribution in [0.15, 0.2) is 0 Å². The van der Waals surface area contributed by atoms with Gasteiger partial charge in [-0.1, -0.05) is 43.6 Å². The number of rotatable bonds is 5. The Balaban J connectivity index is 4.62. The zero-order chi connectivity index (χ0) is 11.4. The molecule has 0 aliphatic heterocycles. The van der Waals surface area contributed by atoms with E-state index in [1.54, 1.807) is 0 Å². The molecule has 0 aliphatic carbocycles. The van der Waals surface area contributed by atoms with Crippen LogP contribution in [0.3, 0.4) is 0 Å². The largest absolute Gasteiger partial charge is 0.388 e. The molecule has 0 heterocycles. The van der Waals surface area contributed by atoms with Crippen molar-refractivity contribution in [1.29, 1.82) is 0 Å². The summed E-state index contributed by atoms with van der Waals surface area (Å²) in [5.41, 5.74) is -0.767. The van der Waals surface area contributed by atoms with E-state index in [0.29, 0.717) is 18.3 Å². The summed E-state index contributed by atoms with van der Waals surface area (Å²) in [7, 11) is 0. The molecule has 0 amide bonds. The first-order valence-corrected chi connectivity index (χ1v) is 6.05. The summed E-state index contributed by atoms with van der Waals surface area (Å²) < 4.78 is 0. The van der Waals surface area contributed by atoms with Gasteiger partial charge in [-0.05, 0) is 18.3 Å². The van der Waals surface area contributed by atoms with Crippen molar-refractivity contribution in [2.45, 2.75) is 51.0 Å². The highest BCUT2D eigenvalue weighted by molar-refractivity contribution is 9.09. The summed E-state index contributed by atoms with van der Waals surface area (Å²) in [5, 5.41) is 10.4. The van der Waals surface area contributed by atoms with Gasteiger partial charge in [-0.3, -0.25) is 0 Å². The first-order valence-electron chi connectivity index (χ1n) is 5.13. The summed E-state index contributed by atoms with van der Waals surface area (Å²) in [6.07, 6.45) is 6.45. The molecule has 0 aromatic rings. The van der Waals surface area contributed by atoms with Gasteiger partial charge in [0, 0.05) is 11.2 Å². The molecule has 14 heavy (non-hydrogen) atoms. The van der Waals surface area contributed by atoms with Crippen LogP contribution in [0.25, 0.3) is 0 Å². The summed E-state index contributed by atoms with van der Waals surface area (Å²) >= 11 is 3.55. The maximum absolute atomic E-state index is 10.4. The van der Waals surface area contributed by atoms with Gasteiger partial charge < -0.3 is 5.11 Å². The van der Waals surface area contributed by atoms with Gasteiger partial charge in [0.15, 0.2) is 0 Å². The van der Waals surface area contributed by atoms with Gasteiger partial charge in [0.25, 0.3) is 0 Å². The van der Waals surface area contributed by atoms with E-state index in [4.69, 9.17) is 6.42 Å². The van der Waals surface area contributed by atoms with E-state index in [1.807, 2.05) is 0 Å². The molecule has 1 N–H and O–H groups in total. The molecule has 0 bridgehead atoms. The second-order valence-corrected chi connectivity index (χ2v) is 5.71. The summed E-state index contributed by atoms with van der Waals surface area (Å²) in [6, 6.07) is 0. The van der Waals surface area contributed by atoms with E-state index in [-0.39, 0.29) is 4.83 Å². The molecule has 0 aliphatic rings. The van der Waals surface area contributed by atoms with E-state index in [2.05, 4.69) is 49.5 Å². The summed E-state index contributed by atoms with van der Waals surface area (Å²) in [5.74, 6) is 3.40.